The molecule has 2 bridgehead atoms. The monoisotopic (exact) mass is 497 g/mol. The molecule has 0 aromatic heterocycles. The molecule has 1 aromatic carbocycles. The van der Waals surface area contributed by atoms with Crippen LogP contribution in [-0.2, 0) is 25.7 Å². The summed E-state index contributed by atoms with van der Waals surface area (Å²) in [5.74, 6) is -2.66. The minimum absolute atomic E-state index is 0.0996. The molecule has 36 heavy (non-hydrogen) atoms. The topological polar surface area (TPSA) is 87.7 Å². The number of halogens is 1. The molecule has 0 radical (unpaired) electrons. The van der Waals surface area contributed by atoms with E-state index >= 15 is 0 Å². The maximum Gasteiger partial charge on any atom is 0.246 e. The van der Waals surface area contributed by atoms with Crippen LogP contribution < -0.4 is 10.6 Å². The minimum Gasteiger partial charge on any atom is -0.356 e. The quantitative estimate of drug-likeness (QED) is 0.567. The lowest BCUT2D eigenvalue weighted by molar-refractivity contribution is -0.151. The van der Waals surface area contributed by atoms with Gasteiger partial charge in [-0.3, -0.25) is 14.4 Å². The van der Waals surface area contributed by atoms with E-state index in [1.807, 2.05) is 39.8 Å². The molecule has 5 rings (SSSR count). The van der Waals surface area contributed by atoms with Gasteiger partial charge in [-0.25, -0.2) is 4.39 Å². The van der Waals surface area contributed by atoms with E-state index in [4.69, 9.17) is 4.74 Å². The lowest BCUT2D eigenvalue weighted by Gasteiger charge is -2.42. The number of rotatable bonds is 7. The molecule has 194 valence electrons. The summed E-state index contributed by atoms with van der Waals surface area (Å²) in [6.07, 6.45) is 8.37. The molecule has 4 aliphatic rings. The van der Waals surface area contributed by atoms with Gasteiger partial charge < -0.3 is 20.3 Å². The first-order chi connectivity index (χ1) is 17.0. The van der Waals surface area contributed by atoms with Crippen molar-refractivity contribution in [1.29, 1.82) is 0 Å². The Morgan fingerprint density at radius 2 is 1.81 bits per heavy atom. The highest BCUT2D eigenvalue weighted by Gasteiger charge is 2.77. The predicted octanol–water partition coefficient (Wildman–Crippen LogP) is 3.23. The third-order valence-electron chi connectivity index (χ3n) is 8.83. The molecular formula is C28H36FN3O4. The molecule has 3 heterocycles. The summed E-state index contributed by atoms with van der Waals surface area (Å²) < 4.78 is 19.8. The second kappa shape index (κ2) is 8.68. The first-order valence-electron chi connectivity index (χ1n) is 13.1. The number of likely N-dealkylation sites (tertiary alicyclic amines) is 1. The fourth-order valence-corrected chi connectivity index (χ4v) is 6.61. The van der Waals surface area contributed by atoms with Crippen molar-refractivity contribution in [2.24, 2.45) is 11.8 Å². The maximum atomic E-state index is 14.1. The summed E-state index contributed by atoms with van der Waals surface area (Å²) in [6.45, 7) is 7.93. The number of carbonyl (C=O) groups is 3. The Balaban J connectivity index is 1.47. The van der Waals surface area contributed by atoms with Crippen LogP contribution in [0.15, 0.2) is 36.4 Å². The zero-order chi connectivity index (χ0) is 25.9. The highest BCUT2D eigenvalue weighted by Crippen LogP contribution is 2.60. The van der Waals surface area contributed by atoms with Crippen LogP contribution >= 0.6 is 0 Å². The number of nitrogens with zero attached hydrogens (tertiary/aromatic N) is 1. The van der Waals surface area contributed by atoms with Gasteiger partial charge in [-0.1, -0.05) is 44.1 Å². The summed E-state index contributed by atoms with van der Waals surface area (Å²) in [4.78, 5) is 43.2. The number of amides is 3. The second-order valence-electron chi connectivity index (χ2n) is 11.5. The fraction of sp³-hybridized carbons (Fsp3) is 0.607. The Labute approximate surface area is 211 Å². The van der Waals surface area contributed by atoms with Gasteiger partial charge >= 0.3 is 0 Å². The molecule has 3 aliphatic heterocycles. The first-order valence-corrected chi connectivity index (χ1v) is 13.1. The van der Waals surface area contributed by atoms with E-state index in [1.54, 1.807) is 17.0 Å². The molecule has 3 fully saturated rings. The number of benzene rings is 1. The SMILES string of the molecule is CCC(C)(C)N1C(=O)[C@H]2[C@@H](C(=O)NCc3ccc(F)cc3)[C@@]3(C)C=C[C@@]2(O3)[C@@H]1C(=O)NC1CCCC1. The Bertz CT molecular complexity index is 1100. The van der Waals surface area contributed by atoms with E-state index in [-0.39, 0.29) is 36.1 Å². The third kappa shape index (κ3) is 3.76. The van der Waals surface area contributed by atoms with Gasteiger partial charge in [-0.15, -0.1) is 0 Å². The Morgan fingerprint density at radius 3 is 2.44 bits per heavy atom. The molecule has 1 aliphatic carbocycles. The second-order valence-corrected chi connectivity index (χ2v) is 11.5. The van der Waals surface area contributed by atoms with Gasteiger partial charge in [0.15, 0.2) is 0 Å². The van der Waals surface area contributed by atoms with Crippen LogP contribution in [0.25, 0.3) is 0 Å². The number of hydrogen-bond acceptors (Lipinski definition) is 4. The van der Waals surface area contributed by atoms with E-state index in [9.17, 15) is 18.8 Å². The summed E-state index contributed by atoms with van der Waals surface area (Å²) in [7, 11) is 0. The third-order valence-corrected chi connectivity index (χ3v) is 8.83. The summed E-state index contributed by atoms with van der Waals surface area (Å²) in [5.41, 5.74) is -2.04. The number of fused-ring (bicyclic) bond motifs is 1. The van der Waals surface area contributed by atoms with E-state index in [0.29, 0.717) is 6.42 Å². The van der Waals surface area contributed by atoms with Gasteiger partial charge in [-0.2, -0.15) is 0 Å². The van der Waals surface area contributed by atoms with Crippen molar-refractivity contribution in [2.75, 3.05) is 0 Å². The van der Waals surface area contributed by atoms with Gasteiger partial charge in [-0.05, 0) is 57.7 Å². The van der Waals surface area contributed by atoms with E-state index in [1.165, 1.54) is 12.1 Å². The Hall–Kier alpha value is -2.74. The van der Waals surface area contributed by atoms with Crippen molar-refractivity contribution < 1.29 is 23.5 Å². The molecule has 2 N–H and O–H groups in total. The van der Waals surface area contributed by atoms with Crippen molar-refractivity contribution in [3.8, 4) is 0 Å². The van der Waals surface area contributed by atoms with Crippen LogP contribution in [0.5, 0.6) is 0 Å². The molecule has 7 nitrogen and oxygen atoms in total. The average Bonchev–Trinajstić information content (AvgIpc) is 3.58. The summed E-state index contributed by atoms with van der Waals surface area (Å²) in [5, 5.41) is 6.11. The number of nitrogens with one attached hydrogen (secondary N) is 2. The van der Waals surface area contributed by atoms with E-state index < -0.39 is 34.6 Å². The van der Waals surface area contributed by atoms with Crippen molar-refractivity contribution in [1.82, 2.24) is 15.5 Å². The molecule has 1 saturated carbocycles. The van der Waals surface area contributed by atoms with Gasteiger partial charge in [0.05, 0.1) is 17.4 Å². The van der Waals surface area contributed by atoms with Crippen LogP contribution in [-0.4, -0.2) is 51.4 Å². The predicted molar refractivity (Wildman–Crippen MR) is 132 cm³/mol. The van der Waals surface area contributed by atoms with Gasteiger partial charge in [0, 0.05) is 18.1 Å². The van der Waals surface area contributed by atoms with Crippen molar-refractivity contribution in [3.05, 3.63) is 47.8 Å². The highest BCUT2D eigenvalue weighted by atomic mass is 19.1. The van der Waals surface area contributed by atoms with Crippen molar-refractivity contribution in [2.45, 2.75) is 95.2 Å². The lowest BCUT2D eigenvalue weighted by atomic mass is 9.70. The molecule has 2 saturated heterocycles. The fourth-order valence-electron chi connectivity index (χ4n) is 6.61. The summed E-state index contributed by atoms with van der Waals surface area (Å²) in [6, 6.07) is 5.18. The van der Waals surface area contributed by atoms with E-state index in [2.05, 4.69) is 10.6 Å². The number of hydrogen-bond donors (Lipinski definition) is 2. The van der Waals surface area contributed by atoms with Crippen molar-refractivity contribution >= 4 is 17.7 Å². The standard InChI is InChI=1S/C28H36FN3O4/c1-5-26(2,3)32-22(24(34)31-19-8-6-7-9-19)28-15-14-27(4,36-28)20(21(28)25(32)35)23(33)30-16-17-10-12-18(29)13-11-17/h10-15,19-22H,5-9,16H2,1-4H3,(H,30,33)(H,31,34)/t20-,21+,22-,27+,28-/m0/s1. The van der Waals surface area contributed by atoms with Crippen LogP contribution in [0.1, 0.15) is 65.4 Å². The van der Waals surface area contributed by atoms with Crippen molar-refractivity contribution in [3.63, 3.8) is 0 Å². The molecular weight excluding hydrogens is 461 g/mol. The molecule has 3 amide bonds. The normalized spacial score (nSPS) is 33.3. The van der Waals surface area contributed by atoms with Crippen LogP contribution in [0.3, 0.4) is 0 Å². The van der Waals surface area contributed by atoms with Gasteiger partial charge in [0.2, 0.25) is 17.7 Å². The Morgan fingerprint density at radius 1 is 1.14 bits per heavy atom. The minimum atomic E-state index is -1.20. The summed E-state index contributed by atoms with van der Waals surface area (Å²) >= 11 is 0. The van der Waals surface area contributed by atoms with E-state index in [0.717, 1.165) is 31.2 Å². The van der Waals surface area contributed by atoms with Gasteiger partial charge in [0.1, 0.15) is 17.5 Å². The van der Waals surface area contributed by atoms with Crippen LogP contribution in [0.4, 0.5) is 4.39 Å². The largest absolute Gasteiger partial charge is 0.356 e. The number of ether oxygens (including phenoxy) is 1. The van der Waals surface area contributed by atoms with Crippen LogP contribution in [0.2, 0.25) is 0 Å². The molecule has 8 heteroatoms. The first kappa shape index (κ1) is 24.9. The highest BCUT2D eigenvalue weighted by molar-refractivity contribution is 6.00. The zero-order valence-electron chi connectivity index (χ0n) is 21.5. The molecule has 1 aromatic rings. The maximum absolute atomic E-state index is 14.1. The van der Waals surface area contributed by atoms with Crippen LogP contribution in [0, 0.1) is 17.7 Å². The molecule has 5 atom stereocenters. The Kier molecular flexibility index (Phi) is 6.01. The van der Waals surface area contributed by atoms with Gasteiger partial charge in [0.25, 0.3) is 0 Å². The average molecular weight is 498 g/mol. The zero-order valence-corrected chi connectivity index (χ0v) is 21.5. The molecule has 1 spiro atoms. The molecule has 0 unspecified atom stereocenters. The smallest absolute Gasteiger partial charge is 0.246 e. The number of carbonyl (C=O) groups excluding carboxylic acids is 3. The lowest BCUT2D eigenvalue weighted by Crippen LogP contribution is -2.60.